The Kier molecular flexibility index (Phi) is 5.11. The summed E-state index contributed by atoms with van der Waals surface area (Å²) in [6, 6.07) is 12.2. The van der Waals surface area contributed by atoms with Crippen molar-refractivity contribution < 1.29 is 18.9 Å². The molecule has 0 radical (unpaired) electrons. The molecule has 5 rings (SSSR count). The summed E-state index contributed by atoms with van der Waals surface area (Å²) < 4.78 is 16.8. The summed E-state index contributed by atoms with van der Waals surface area (Å²) in [5.41, 5.74) is 10.5. The molecule has 1 amide bonds. The number of anilines is 1. The highest BCUT2D eigenvalue weighted by atomic mass is 35.5. The van der Waals surface area contributed by atoms with Crippen molar-refractivity contribution in [2.75, 3.05) is 12.5 Å². The predicted octanol–water partition coefficient (Wildman–Crippen LogP) is 2.44. The lowest BCUT2D eigenvalue weighted by Gasteiger charge is -2.07. The number of nitrogens with one attached hydrogen (secondary N) is 1. The minimum absolute atomic E-state index is 0.0227. The Hall–Kier alpha value is -4.45. The van der Waals surface area contributed by atoms with Crippen molar-refractivity contribution in [1.29, 1.82) is 0 Å². The molecule has 2 aromatic heterocycles. The molecule has 3 N–H and O–H groups in total. The van der Waals surface area contributed by atoms with Gasteiger partial charge in [0.15, 0.2) is 17.2 Å². The van der Waals surface area contributed by atoms with Crippen molar-refractivity contribution in [1.82, 2.24) is 30.7 Å². The Morgan fingerprint density at radius 1 is 1.15 bits per heavy atom. The molecule has 1 aliphatic heterocycles. The predicted molar refractivity (Wildman–Crippen MR) is 116 cm³/mol. The number of hydrogen-bond acceptors (Lipinski definition) is 10. The molecule has 0 spiro atoms. The van der Waals surface area contributed by atoms with E-state index in [0.717, 1.165) is 5.56 Å². The quantitative estimate of drug-likeness (QED) is 0.333. The Morgan fingerprint density at radius 3 is 2.70 bits per heavy atom. The molecule has 0 aliphatic carbocycles. The van der Waals surface area contributed by atoms with Crippen LogP contribution in [0.3, 0.4) is 0 Å². The van der Waals surface area contributed by atoms with E-state index in [4.69, 9.17) is 26.8 Å². The number of ether oxygens (including phenoxy) is 2. The number of halogens is 1. The van der Waals surface area contributed by atoms with E-state index in [1.807, 2.05) is 0 Å². The highest BCUT2D eigenvalue weighted by molar-refractivity contribution is 6.30. The number of hydrazone groups is 1. The number of amides is 1. The fourth-order valence-corrected chi connectivity index (χ4v) is 3.29. The van der Waals surface area contributed by atoms with Gasteiger partial charge in [-0.25, -0.2) is 10.1 Å². The van der Waals surface area contributed by atoms with E-state index >= 15 is 0 Å². The average molecular weight is 467 g/mol. The van der Waals surface area contributed by atoms with Crippen LogP contribution in [0.15, 0.2) is 52.2 Å². The Morgan fingerprint density at radius 2 is 1.94 bits per heavy atom. The third-order valence-corrected chi connectivity index (χ3v) is 5.07. The van der Waals surface area contributed by atoms with Gasteiger partial charge in [-0.15, -0.1) is 5.10 Å². The lowest BCUT2D eigenvalue weighted by Crippen LogP contribution is -2.21. The molecule has 0 saturated carbocycles. The Bertz CT molecular complexity index is 1380. The number of aromatic nitrogens is 5. The average Bonchev–Trinajstić information content (AvgIpc) is 3.56. The van der Waals surface area contributed by atoms with Crippen LogP contribution in [0, 0.1) is 0 Å². The van der Waals surface area contributed by atoms with Gasteiger partial charge in [-0.1, -0.05) is 28.9 Å². The van der Waals surface area contributed by atoms with Crippen LogP contribution in [0.1, 0.15) is 23.0 Å². The van der Waals surface area contributed by atoms with Crippen LogP contribution >= 0.6 is 11.6 Å². The number of nitrogens with zero attached hydrogens (tertiary/aromatic N) is 6. The van der Waals surface area contributed by atoms with Gasteiger partial charge < -0.3 is 15.2 Å². The SMILES string of the molecule is CC(=NNC(=O)c1nnn(-c2nonc2N)c1-c1ccc2c(c1)OCO2)c1ccc(Cl)cc1. The van der Waals surface area contributed by atoms with Gasteiger partial charge in [0.1, 0.15) is 5.69 Å². The van der Waals surface area contributed by atoms with Crippen molar-refractivity contribution in [3.8, 4) is 28.6 Å². The second kappa shape index (κ2) is 8.24. The fraction of sp³-hybridized carbons (Fsp3) is 0.100. The molecule has 2 aromatic carbocycles. The van der Waals surface area contributed by atoms with Crippen molar-refractivity contribution in [3.63, 3.8) is 0 Å². The van der Waals surface area contributed by atoms with E-state index in [1.54, 1.807) is 49.4 Å². The third-order valence-electron chi connectivity index (χ3n) is 4.81. The molecule has 166 valence electrons. The van der Waals surface area contributed by atoms with Crippen molar-refractivity contribution in [2.24, 2.45) is 5.10 Å². The van der Waals surface area contributed by atoms with E-state index < -0.39 is 5.91 Å². The van der Waals surface area contributed by atoms with E-state index in [1.165, 1.54) is 4.68 Å². The van der Waals surface area contributed by atoms with Gasteiger partial charge in [-0.2, -0.15) is 9.78 Å². The van der Waals surface area contributed by atoms with Crippen molar-refractivity contribution in [2.45, 2.75) is 6.92 Å². The van der Waals surface area contributed by atoms with Crippen LogP contribution < -0.4 is 20.6 Å². The number of fused-ring (bicyclic) bond motifs is 1. The largest absolute Gasteiger partial charge is 0.454 e. The lowest BCUT2D eigenvalue weighted by atomic mass is 10.1. The summed E-state index contributed by atoms with van der Waals surface area (Å²) >= 11 is 5.92. The zero-order chi connectivity index (χ0) is 22.9. The molecular formula is C20H15ClN8O4. The molecule has 0 bridgehead atoms. The zero-order valence-electron chi connectivity index (χ0n) is 17.0. The van der Waals surface area contributed by atoms with Gasteiger partial charge >= 0.3 is 0 Å². The van der Waals surface area contributed by atoms with E-state index in [2.05, 4.69) is 35.8 Å². The maximum absolute atomic E-state index is 13.0. The zero-order valence-corrected chi connectivity index (χ0v) is 17.8. The molecule has 0 saturated heterocycles. The standard InChI is InChI=1S/C20H15ClN8O4/c1-10(11-2-5-13(21)6-3-11)23-25-20(30)16-17(12-4-7-14-15(8-12)32-9-31-14)29(28-24-16)19-18(22)26-33-27-19/h2-8H,9H2,1H3,(H2,22,26)(H,25,30). The van der Waals surface area contributed by atoms with Gasteiger partial charge in [-0.05, 0) is 53.1 Å². The molecule has 0 atom stereocenters. The van der Waals surface area contributed by atoms with Gasteiger partial charge in [0.05, 0.1) is 5.71 Å². The topological polar surface area (TPSA) is 156 Å². The summed E-state index contributed by atoms with van der Waals surface area (Å²) in [7, 11) is 0. The third kappa shape index (κ3) is 3.83. The van der Waals surface area contributed by atoms with Crippen molar-refractivity contribution >= 4 is 29.0 Å². The van der Waals surface area contributed by atoms with Gasteiger partial charge in [0.25, 0.3) is 5.91 Å². The molecule has 33 heavy (non-hydrogen) atoms. The van der Waals surface area contributed by atoms with Gasteiger partial charge in [0.2, 0.25) is 18.4 Å². The smallest absolute Gasteiger partial charge is 0.294 e. The van der Waals surface area contributed by atoms with E-state index in [9.17, 15) is 4.79 Å². The Labute approximate surface area is 190 Å². The number of rotatable bonds is 5. The van der Waals surface area contributed by atoms with Crippen LogP contribution in [0.2, 0.25) is 5.02 Å². The summed E-state index contributed by atoms with van der Waals surface area (Å²) in [6.07, 6.45) is 0. The van der Waals surface area contributed by atoms with Crippen LogP contribution in [0.5, 0.6) is 11.5 Å². The number of benzene rings is 2. The minimum Gasteiger partial charge on any atom is -0.454 e. The number of carbonyl (C=O) groups is 1. The van der Waals surface area contributed by atoms with Gasteiger partial charge in [-0.3, -0.25) is 4.79 Å². The van der Waals surface area contributed by atoms with Crippen LogP contribution in [0.25, 0.3) is 17.1 Å². The molecule has 13 heteroatoms. The van der Waals surface area contributed by atoms with E-state index in [0.29, 0.717) is 27.8 Å². The first-order valence-electron chi connectivity index (χ1n) is 9.56. The van der Waals surface area contributed by atoms with Crippen LogP contribution in [-0.4, -0.2) is 43.7 Å². The number of nitrogens with two attached hydrogens (primary N) is 1. The van der Waals surface area contributed by atoms with Crippen LogP contribution in [0.4, 0.5) is 5.82 Å². The molecule has 0 unspecified atom stereocenters. The summed E-state index contributed by atoms with van der Waals surface area (Å²) in [5, 5.41) is 20.1. The summed E-state index contributed by atoms with van der Waals surface area (Å²) in [4.78, 5) is 13.0. The van der Waals surface area contributed by atoms with Gasteiger partial charge in [0, 0.05) is 10.6 Å². The van der Waals surface area contributed by atoms with Crippen molar-refractivity contribution in [3.05, 3.63) is 58.7 Å². The second-order valence-corrected chi connectivity index (χ2v) is 7.32. The maximum Gasteiger partial charge on any atom is 0.294 e. The fourth-order valence-electron chi connectivity index (χ4n) is 3.17. The monoisotopic (exact) mass is 466 g/mol. The molecule has 3 heterocycles. The molecule has 4 aromatic rings. The first-order valence-corrected chi connectivity index (χ1v) is 9.94. The Balaban J connectivity index is 1.53. The molecule has 12 nitrogen and oxygen atoms in total. The maximum atomic E-state index is 13.0. The molecule has 1 aliphatic rings. The number of carbonyl (C=O) groups excluding carboxylic acids is 1. The van der Waals surface area contributed by atoms with Crippen LogP contribution in [-0.2, 0) is 0 Å². The minimum atomic E-state index is -0.600. The highest BCUT2D eigenvalue weighted by Crippen LogP contribution is 2.37. The first-order chi connectivity index (χ1) is 16.0. The highest BCUT2D eigenvalue weighted by Gasteiger charge is 2.26. The molecule has 0 fully saturated rings. The number of nitrogen functional groups attached to an aromatic ring is 1. The summed E-state index contributed by atoms with van der Waals surface area (Å²) in [5.74, 6) is 0.543. The number of hydrogen-bond donors (Lipinski definition) is 2. The second-order valence-electron chi connectivity index (χ2n) is 6.88. The first kappa shape index (κ1) is 20.5. The molecular weight excluding hydrogens is 452 g/mol. The van der Waals surface area contributed by atoms with E-state index in [-0.39, 0.29) is 29.8 Å². The normalized spacial score (nSPS) is 12.7. The summed E-state index contributed by atoms with van der Waals surface area (Å²) in [6.45, 7) is 1.85. The lowest BCUT2D eigenvalue weighted by molar-refractivity contribution is 0.0950.